The fourth-order valence-electron chi connectivity index (χ4n) is 9.90. The lowest BCUT2D eigenvalue weighted by molar-refractivity contribution is 0.660. The van der Waals surface area contributed by atoms with Crippen LogP contribution in [0.15, 0.2) is 218 Å². The highest BCUT2D eigenvalue weighted by Gasteiger charge is 2.36. The molecule has 11 rings (SSSR count). The molecular formula is C64H63BN2. The molecule has 7 aromatic carbocycles. The first-order chi connectivity index (χ1) is 32.9. The van der Waals surface area contributed by atoms with Crippen LogP contribution in [0.5, 0.6) is 0 Å². The van der Waals surface area contributed by atoms with Gasteiger partial charge < -0.3 is 9.88 Å². The van der Waals surface area contributed by atoms with Gasteiger partial charge in [0, 0.05) is 33.2 Å². The molecule has 0 radical (unpaired) electrons. The van der Waals surface area contributed by atoms with Crippen molar-refractivity contribution in [3.05, 3.63) is 240 Å². The molecule has 8 aromatic rings. The van der Waals surface area contributed by atoms with E-state index in [1.807, 2.05) is 40.7 Å². The molecule has 2 nitrogen and oxygen atoms in total. The number of nitrogens with one attached hydrogen (secondary N) is 1. The summed E-state index contributed by atoms with van der Waals surface area (Å²) in [5.74, 6) is 0. The highest BCUT2D eigenvalue weighted by Crippen LogP contribution is 2.51. The van der Waals surface area contributed by atoms with Crippen molar-refractivity contribution in [1.29, 1.82) is 0 Å². The second kappa shape index (κ2) is 20.9. The van der Waals surface area contributed by atoms with Crippen LogP contribution in [0.25, 0.3) is 61.9 Å². The van der Waals surface area contributed by atoms with Crippen LogP contribution >= 0.6 is 0 Å². The standard InChI is InChI=1S/C41H30N2.C19H21B.2C2H6/c1-41(2)35-14-8-6-12-31(35)33-25-38-29(24-36(33)41)17-16-28-22-26(18-20-37(28)42-38)27-19-21-40-34(23-27)32-13-7-9-15-39(32)43(40)30-10-4-3-5-11-30;1-3-5-12-17(4-2)20(18-13-8-6-9-14-18)19-15-10-7-11-16-19;2*1-2/h3-25,42H,1-2H3;3-6,8-10,12-16H,2,7,11H2,1H3;2*1-2H3/b;5-3-,17-12+;;. The molecule has 2 heterocycles. The van der Waals surface area contributed by atoms with Crippen molar-refractivity contribution in [3.8, 4) is 27.9 Å². The molecule has 1 N–H and O–H groups in total. The van der Waals surface area contributed by atoms with Gasteiger partial charge in [0.1, 0.15) is 0 Å². The summed E-state index contributed by atoms with van der Waals surface area (Å²) in [6, 6.07) is 57.3. The molecule has 2 aliphatic carbocycles. The number of para-hydroxylation sites is 2. The predicted molar refractivity (Wildman–Crippen MR) is 297 cm³/mol. The van der Waals surface area contributed by atoms with Crippen molar-refractivity contribution in [2.45, 2.75) is 66.7 Å². The Morgan fingerprint density at radius 2 is 1.27 bits per heavy atom. The maximum atomic E-state index is 4.00. The summed E-state index contributed by atoms with van der Waals surface area (Å²) < 4.78 is 2.37. The van der Waals surface area contributed by atoms with E-state index in [1.165, 1.54) is 88.4 Å². The zero-order chi connectivity index (χ0) is 46.9. The molecule has 0 unspecified atom stereocenters. The van der Waals surface area contributed by atoms with Gasteiger partial charge in [-0.25, -0.2) is 0 Å². The van der Waals surface area contributed by atoms with Crippen LogP contribution in [0.3, 0.4) is 0 Å². The summed E-state index contributed by atoms with van der Waals surface area (Å²) in [4.78, 5) is 0. The fourth-order valence-corrected chi connectivity index (χ4v) is 9.90. The Morgan fingerprint density at radius 3 is 2.00 bits per heavy atom. The summed E-state index contributed by atoms with van der Waals surface area (Å²) in [5.41, 5.74) is 20.2. The zero-order valence-corrected chi connectivity index (χ0v) is 40.4. The highest BCUT2D eigenvalue weighted by atomic mass is 15.0. The van der Waals surface area contributed by atoms with Gasteiger partial charge in [-0.05, 0) is 119 Å². The first kappa shape index (κ1) is 46.2. The van der Waals surface area contributed by atoms with Crippen molar-refractivity contribution >= 4 is 57.5 Å². The van der Waals surface area contributed by atoms with E-state index in [0.29, 0.717) is 0 Å². The maximum Gasteiger partial charge on any atom is 0.240 e. The Hall–Kier alpha value is -7.36. The number of allylic oxidation sites excluding steroid dienone is 9. The minimum Gasteiger partial charge on any atom is -0.355 e. The molecule has 0 amide bonds. The molecule has 0 saturated carbocycles. The van der Waals surface area contributed by atoms with E-state index in [9.17, 15) is 0 Å². The van der Waals surface area contributed by atoms with Crippen molar-refractivity contribution in [1.82, 2.24) is 4.57 Å². The van der Waals surface area contributed by atoms with Crippen LogP contribution in [0.2, 0.25) is 0 Å². The topological polar surface area (TPSA) is 17.0 Å². The number of rotatable bonds is 7. The molecule has 3 heteroatoms. The van der Waals surface area contributed by atoms with Crippen LogP contribution in [0.1, 0.15) is 83.6 Å². The van der Waals surface area contributed by atoms with Crippen LogP contribution in [0, 0.1) is 0 Å². The van der Waals surface area contributed by atoms with E-state index in [4.69, 9.17) is 0 Å². The lowest BCUT2D eigenvalue weighted by Gasteiger charge is -2.22. The molecule has 0 atom stereocenters. The Kier molecular flexibility index (Phi) is 14.4. The Balaban J connectivity index is 0.000000214. The van der Waals surface area contributed by atoms with Crippen LogP contribution in [0.4, 0.5) is 11.4 Å². The third-order valence-corrected chi connectivity index (χ3v) is 13.1. The SMILES string of the molecule is C=C/C(=C\C=C/C)B(C1=CCCC=C1)c1ccccc1.CC.CC.CC1(C)c2ccccc2-c2cc3c(cc21)C=Cc1cc(-c2ccc4c(c2)c2ccccc2n4-c2ccccc2)ccc1N3. The summed E-state index contributed by atoms with van der Waals surface area (Å²) in [5, 5.41) is 6.32. The predicted octanol–water partition coefficient (Wildman–Crippen LogP) is 17.5. The normalized spacial score (nSPS) is 13.8. The number of anilines is 2. The van der Waals surface area contributed by atoms with Crippen molar-refractivity contribution < 1.29 is 0 Å². The van der Waals surface area contributed by atoms with Gasteiger partial charge in [0.25, 0.3) is 0 Å². The van der Waals surface area contributed by atoms with E-state index in [1.54, 1.807) is 0 Å². The minimum absolute atomic E-state index is 0.0105. The Morgan fingerprint density at radius 1 is 0.612 bits per heavy atom. The van der Waals surface area contributed by atoms with Crippen LogP contribution in [-0.2, 0) is 5.41 Å². The van der Waals surface area contributed by atoms with E-state index >= 15 is 0 Å². The second-order valence-corrected chi connectivity index (χ2v) is 17.3. The Labute approximate surface area is 400 Å². The summed E-state index contributed by atoms with van der Waals surface area (Å²) >= 11 is 0. The van der Waals surface area contributed by atoms with Crippen molar-refractivity contribution in [2.75, 3.05) is 5.32 Å². The fraction of sp³-hybridized carbons (Fsp3) is 0.156. The average Bonchev–Trinajstić information content (AvgIpc) is 3.75. The molecule has 1 aromatic heterocycles. The van der Waals surface area contributed by atoms with Crippen LogP contribution in [-0.4, -0.2) is 11.3 Å². The number of fused-ring (bicyclic) bond motifs is 8. The van der Waals surface area contributed by atoms with E-state index in [2.05, 4.69) is 237 Å². The second-order valence-electron chi connectivity index (χ2n) is 17.3. The third kappa shape index (κ3) is 9.12. The van der Waals surface area contributed by atoms with E-state index < -0.39 is 0 Å². The molecule has 332 valence electrons. The maximum absolute atomic E-state index is 4.00. The molecule has 0 spiro atoms. The van der Waals surface area contributed by atoms with Gasteiger partial charge in [0.2, 0.25) is 6.71 Å². The molecule has 0 fully saturated rings. The molecular weight excluding hydrogens is 808 g/mol. The van der Waals surface area contributed by atoms with Gasteiger partial charge in [-0.3, -0.25) is 0 Å². The number of hydrogen-bond acceptors (Lipinski definition) is 1. The smallest absolute Gasteiger partial charge is 0.240 e. The zero-order valence-electron chi connectivity index (χ0n) is 40.4. The first-order valence-electron chi connectivity index (χ1n) is 24.3. The molecule has 67 heavy (non-hydrogen) atoms. The van der Waals surface area contributed by atoms with Crippen LogP contribution < -0.4 is 10.8 Å². The van der Waals surface area contributed by atoms with E-state index in [0.717, 1.165) is 24.2 Å². The quantitative estimate of drug-likeness (QED) is 0.125. The average molecular weight is 871 g/mol. The van der Waals surface area contributed by atoms with Crippen molar-refractivity contribution in [2.24, 2.45) is 0 Å². The molecule has 0 saturated heterocycles. The number of nitrogens with zero attached hydrogens (tertiary/aromatic N) is 1. The molecule has 3 aliphatic rings. The summed E-state index contributed by atoms with van der Waals surface area (Å²) in [7, 11) is 0. The van der Waals surface area contributed by atoms with Gasteiger partial charge in [-0.2, -0.15) is 0 Å². The number of hydrogen-bond donors (Lipinski definition) is 1. The van der Waals surface area contributed by atoms with Gasteiger partial charge >= 0.3 is 0 Å². The monoisotopic (exact) mass is 871 g/mol. The third-order valence-electron chi connectivity index (χ3n) is 13.1. The van der Waals surface area contributed by atoms with E-state index in [-0.39, 0.29) is 12.1 Å². The minimum atomic E-state index is -0.0105. The highest BCUT2D eigenvalue weighted by molar-refractivity contribution is 6.87. The number of benzene rings is 7. The largest absolute Gasteiger partial charge is 0.355 e. The number of aromatic nitrogens is 1. The Bertz CT molecular complexity index is 3190. The summed E-state index contributed by atoms with van der Waals surface area (Å²) in [6.07, 6.45) is 22.0. The van der Waals surface area contributed by atoms with Crippen molar-refractivity contribution in [3.63, 3.8) is 0 Å². The molecule has 1 aliphatic heterocycles. The summed E-state index contributed by atoms with van der Waals surface area (Å²) in [6.45, 7) is 19.0. The van der Waals surface area contributed by atoms with Gasteiger partial charge in [0.05, 0.1) is 11.0 Å². The lowest BCUT2D eigenvalue weighted by atomic mass is 9.35. The first-order valence-corrected chi connectivity index (χ1v) is 24.3. The van der Waals surface area contributed by atoms with Gasteiger partial charge in [-0.15, -0.1) is 0 Å². The lowest BCUT2D eigenvalue weighted by Crippen LogP contribution is -2.34. The van der Waals surface area contributed by atoms with Gasteiger partial charge in [0.15, 0.2) is 0 Å². The molecule has 0 bridgehead atoms. The van der Waals surface area contributed by atoms with Gasteiger partial charge in [-0.1, -0.05) is 222 Å².